The molecule has 26 heavy (non-hydrogen) atoms. The summed E-state index contributed by atoms with van der Waals surface area (Å²) in [6, 6.07) is 10.2. The van der Waals surface area contributed by atoms with E-state index in [2.05, 4.69) is 4.98 Å². The van der Waals surface area contributed by atoms with Crippen LogP contribution in [0.4, 0.5) is 5.13 Å². The quantitative estimate of drug-likeness (QED) is 0.420. The number of amides is 1. The SMILES string of the molecule is Cc1ccc(/C(O)=C2/C(=O)C(=O)N(c3nccs3)C2c2cccs2)cc1. The van der Waals surface area contributed by atoms with Gasteiger partial charge in [-0.25, -0.2) is 4.98 Å². The predicted molar refractivity (Wildman–Crippen MR) is 102 cm³/mol. The molecule has 3 aromatic rings. The van der Waals surface area contributed by atoms with E-state index in [0.717, 1.165) is 10.4 Å². The molecule has 1 fully saturated rings. The Labute approximate surface area is 157 Å². The van der Waals surface area contributed by atoms with Crippen LogP contribution in [0.1, 0.15) is 22.0 Å². The van der Waals surface area contributed by atoms with Crippen LogP contribution in [0, 0.1) is 6.92 Å². The highest BCUT2D eigenvalue weighted by Gasteiger charge is 2.48. The largest absolute Gasteiger partial charge is 0.507 e. The third-order valence-electron chi connectivity index (χ3n) is 4.21. The molecule has 1 amide bonds. The maximum atomic E-state index is 12.8. The monoisotopic (exact) mass is 382 g/mol. The second-order valence-corrected chi connectivity index (χ2v) is 7.72. The third kappa shape index (κ3) is 2.65. The first-order valence-electron chi connectivity index (χ1n) is 7.89. The highest BCUT2D eigenvalue weighted by molar-refractivity contribution is 7.14. The summed E-state index contributed by atoms with van der Waals surface area (Å²) >= 11 is 2.71. The standard InChI is InChI=1S/C19H14N2O3S2/c1-11-4-6-12(7-5-11)16(22)14-15(13-3-2-9-25-13)21(18(24)17(14)23)19-20-8-10-26-19/h2-10,15,22H,1H3/b16-14-. The Kier molecular flexibility index (Phi) is 4.18. The van der Waals surface area contributed by atoms with Crippen molar-refractivity contribution in [1.82, 2.24) is 4.98 Å². The summed E-state index contributed by atoms with van der Waals surface area (Å²) in [6.07, 6.45) is 1.59. The summed E-state index contributed by atoms with van der Waals surface area (Å²) in [7, 11) is 0. The van der Waals surface area contributed by atoms with Crippen LogP contribution in [0.2, 0.25) is 0 Å². The van der Waals surface area contributed by atoms with Gasteiger partial charge in [0, 0.05) is 22.0 Å². The lowest BCUT2D eigenvalue weighted by molar-refractivity contribution is -0.132. The number of hydrogen-bond donors (Lipinski definition) is 1. The Morgan fingerprint density at radius 2 is 1.88 bits per heavy atom. The van der Waals surface area contributed by atoms with Crippen molar-refractivity contribution in [1.29, 1.82) is 0 Å². The number of ketones is 1. The number of anilines is 1. The minimum Gasteiger partial charge on any atom is -0.507 e. The molecule has 0 saturated carbocycles. The van der Waals surface area contributed by atoms with Gasteiger partial charge in [-0.2, -0.15) is 0 Å². The molecule has 0 radical (unpaired) electrons. The highest BCUT2D eigenvalue weighted by atomic mass is 32.1. The first kappa shape index (κ1) is 16.7. The minimum absolute atomic E-state index is 0.0940. The van der Waals surface area contributed by atoms with Crippen LogP contribution in [-0.2, 0) is 9.59 Å². The zero-order chi connectivity index (χ0) is 18.3. The van der Waals surface area contributed by atoms with Crippen LogP contribution in [-0.4, -0.2) is 21.8 Å². The maximum Gasteiger partial charge on any atom is 0.301 e. The lowest BCUT2D eigenvalue weighted by Crippen LogP contribution is -2.28. The number of aromatic nitrogens is 1. The summed E-state index contributed by atoms with van der Waals surface area (Å²) in [5.74, 6) is -1.54. The van der Waals surface area contributed by atoms with Crippen LogP contribution < -0.4 is 4.90 Å². The van der Waals surface area contributed by atoms with Gasteiger partial charge in [0.25, 0.3) is 5.78 Å². The molecule has 1 aliphatic heterocycles. The molecule has 0 aliphatic carbocycles. The number of carbonyl (C=O) groups excluding carboxylic acids is 2. The van der Waals surface area contributed by atoms with Gasteiger partial charge in [-0.3, -0.25) is 14.5 Å². The van der Waals surface area contributed by atoms with Crippen molar-refractivity contribution in [2.45, 2.75) is 13.0 Å². The van der Waals surface area contributed by atoms with Gasteiger partial charge in [0.1, 0.15) is 11.8 Å². The number of benzene rings is 1. The number of aryl methyl sites for hydroxylation is 1. The Balaban J connectivity index is 1.92. The maximum absolute atomic E-state index is 12.8. The average molecular weight is 382 g/mol. The Hall–Kier alpha value is -2.77. The lowest BCUT2D eigenvalue weighted by atomic mass is 9.99. The molecule has 1 aliphatic rings. The van der Waals surface area contributed by atoms with E-state index in [1.54, 1.807) is 23.7 Å². The summed E-state index contributed by atoms with van der Waals surface area (Å²) in [6.45, 7) is 1.94. The first-order chi connectivity index (χ1) is 12.6. The molecule has 0 bridgehead atoms. The summed E-state index contributed by atoms with van der Waals surface area (Å²) in [5, 5.41) is 14.9. The van der Waals surface area contributed by atoms with Crippen molar-refractivity contribution >= 4 is 45.3 Å². The smallest absolute Gasteiger partial charge is 0.301 e. The van der Waals surface area contributed by atoms with E-state index in [1.165, 1.54) is 27.6 Å². The molecule has 2 aromatic heterocycles. The van der Waals surface area contributed by atoms with E-state index >= 15 is 0 Å². The molecular formula is C19H14N2O3S2. The zero-order valence-electron chi connectivity index (χ0n) is 13.7. The van der Waals surface area contributed by atoms with Crippen molar-refractivity contribution in [3.8, 4) is 0 Å². The minimum atomic E-state index is -0.698. The van der Waals surface area contributed by atoms with Gasteiger partial charge in [0.05, 0.1) is 5.57 Å². The number of aliphatic hydroxyl groups is 1. The zero-order valence-corrected chi connectivity index (χ0v) is 15.4. The van der Waals surface area contributed by atoms with E-state index in [1.807, 2.05) is 36.6 Å². The number of thiophene rings is 1. The molecule has 3 heterocycles. The molecule has 0 spiro atoms. The van der Waals surface area contributed by atoms with Gasteiger partial charge < -0.3 is 5.11 Å². The number of aliphatic hydroxyl groups excluding tert-OH is 1. The first-order valence-corrected chi connectivity index (χ1v) is 9.65. The molecule has 1 saturated heterocycles. The topological polar surface area (TPSA) is 70.5 Å². The summed E-state index contributed by atoms with van der Waals surface area (Å²) < 4.78 is 0. The third-order valence-corrected chi connectivity index (χ3v) is 5.90. The van der Waals surface area contributed by atoms with Gasteiger partial charge in [0.15, 0.2) is 5.13 Å². The summed E-state index contributed by atoms with van der Waals surface area (Å²) in [4.78, 5) is 31.8. The molecule has 1 atom stereocenters. The van der Waals surface area contributed by atoms with Gasteiger partial charge in [0.2, 0.25) is 0 Å². The molecule has 1 unspecified atom stereocenters. The van der Waals surface area contributed by atoms with E-state index in [4.69, 9.17) is 0 Å². The van der Waals surface area contributed by atoms with Gasteiger partial charge in [-0.15, -0.1) is 22.7 Å². The Morgan fingerprint density at radius 1 is 1.12 bits per heavy atom. The fourth-order valence-corrected chi connectivity index (χ4v) is 4.44. The number of nitrogens with zero attached hydrogens (tertiary/aromatic N) is 2. The van der Waals surface area contributed by atoms with Gasteiger partial charge >= 0.3 is 5.91 Å². The van der Waals surface area contributed by atoms with E-state index in [-0.39, 0.29) is 11.3 Å². The van der Waals surface area contributed by atoms with Crippen LogP contribution in [0.5, 0.6) is 0 Å². The Morgan fingerprint density at radius 3 is 2.50 bits per heavy atom. The van der Waals surface area contributed by atoms with Crippen molar-refractivity contribution in [3.05, 3.63) is 74.9 Å². The Bertz CT molecular complexity index is 990. The molecule has 1 N–H and O–H groups in total. The summed E-state index contributed by atoms with van der Waals surface area (Å²) in [5.41, 5.74) is 1.64. The van der Waals surface area contributed by atoms with Crippen molar-refractivity contribution in [2.75, 3.05) is 4.90 Å². The molecule has 7 heteroatoms. The number of rotatable bonds is 3. The van der Waals surface area contributed by atoms with Gasteiger partial charge in [-0.05, 0) is 18.4 Å². The van der Waals surface area contributed by atoms with E-state index < -0.39 is 17.7 Å². The van der Waals surface area contributed by atoms with E-state index in [9.17, 15) is 14.7 Å². The normalized spacial score (nSPS) is 19.3. The fraction of sp³-hybridized carbons (Fsp3) is 0.105. The highest BCUT2D eigenvalue weighted by Crippen LogP contribution is 2.43. The van der Waals surface area contributed by atoms with Crippen molar-refractivity contribution in [2.24, 2.45) is 0 Å². The van der Waals surface area contributed by atoms with Crippen molar-refractivity contribution < 1.29 is 14.7 Å². The second-order valence-electron chi connectivity index (χ2n) is 5.87. The second kappa shape index (κ2) is 6.51. The average Bonchev–Trinajstić information content (AvgIpc) is 3.37. The van der Waals surface area contributed by atoms with E-state index in [0.29, 0.717) is 10.7 Å². The van der Waals surface area contributed by atoms with Crippen molar-refractivity contribution in [3.63, 3.8) is 0 Å². The van der Waals surface area contributed by atoms with Crippen LogP contribution >= 0.6 is 22.7 Å². The fourth-order valence-electron chi connectivity index (χ4n) is 2.95. The van der Waals surface area contributed by atoms with Crippen LogP contribution in [0.25, 0.3) is 5.76 Å². The lowest BCUT2D eigenvalue weighted by Gasteiger charge is -2.21. The molecular weight excluding hydrogens is 368 g/mol. The molecule has 1 aromatic carbocycles. The predicted octanol–water partition coefficient (Wildman–Crippen LogP) is 4.14. The number of thiazole rings is 1. The molecule has 5 nitrogen and oxygen atoms in total. The van der Waals surface area contributed by atoms with Crippen LogP contribution in [0.15, 0.2) is 58.9 Å². The molecule has 4 rings (SSSR count). The van der Waals surface area contributed by atoms with Crippen LogP contribution in [0.3, 0.4) is 0 Å². The number of Topliss-reactive ketones (excluding diaryl/α,β-unsaturated/α-hetero) is 1. The van der Waals surface area contributed by atoms with Gasteiger partial charge in [-0.1, -0.05) is 35.9 Å². The number of hydrogen-bond acceptors (Lipinski definition) is 6. The number of carbonyl (C=O) groups is 2. The molecule has 130 valence electrons.